The standard InChI is InChI=1S/C25H30F3N5O/c1-25(2,3)22(32(16-34)12-11-19(29)14-26)24-30-23(20-13-18(27)9-10-21(20)28)31-33(24)15-17-7-5-4-6-8-17/h4-10,13,16,19,22H,11-12,14-15,29H2,1-3H3/t19-,22-/m0/s1. The van der Waals surface area contributed by atoms with Crippen molar-refractivity contribution in [3.63, 3.8) is 0 Å². The van der Waals surface area contributed by atoms with E-state index in [0.717, 1.165) is 23.8 Å². The number of hydrogen-bond donors (Lipinski definition) is 1. The lowest BCUT2D eigenvalue weighted by molar-refractivity contribution is -0.123. The zero-order valence-corrected chi connectivity index (χ0v) is 19.6. The second kappa shape index (κ2) is 10.8. The van der Waals surface area contributed by atoms with Gasteiger partial charge in [0.25, 0.3) is 0 Å². The fourth-order valence-corrected chi connectivity index (χ4v) is 3.88. The van der Waals surface area contributed by atoms with E-state index in [1.165, 1.54) is 4.90 Å². The molecule has 0 fully saturated rings. The van der Waals surface area contributed by atoms with Gasteiger partial charge in [-0.1, -0.05) is 51.1 Å². The van der Waals surface area contributed by atoms with E-state index in [2.05, 4.69) is 10.1 Å². The molecule has 3 rings (SSSR count). The van der Waals surface area contributed by atoms with Crippen LogP contribution in [-0.4, -0.2) is 45.3 Å². The highest BCUT2D eigenvalue weighted by Crippen LogP contribution is 2.38. The summed E-state index contributed by atoms with van der Waals surface area (Å²) in [7, 11) is 0. The summed E-state index contributed by atoms with van der Waals surface area (Å²) in [4.78, 5) is 18.3. The van der Waals surface area contributed by atoms with Crippen LogP contribution in [0.4, 0.5) is 13.2 Å². The van der Waals surface area contributed by atoms with Crippen molar-refractivity contribution in [2.24, 2.45) is 11.1 Å². The zero-order chi connectivity index (χ0) is 24.9. The third kappa shape index (κ3) is 6.02. The number of rotatable bonds is 10. The maximum Gasteiger partial charge on any atom is 0.210 e. The number of carbonyl (C=O) groups is 1. The Morgan fingerprint density at radius 3 is 2.47 bits per heavy atom. The summed E-state index contributed by atoms with van der Waals surface area (Å²) >= 11 is 0. The number of nitrogens with two attached hydrogens (primary N) is 1. The molecule has 2 N–H and O–H groups in total. The summed E-state index contributed by atoms with van der Waals surface area (Å²) in [6, 6.07) is 11.3. The molecule has 6 nitrogen and oxygen atoms in total. The molecule has 0 aliphatic heterocycles. The first-order valence-corrected chi connectivity index (χ1v) is 11.1. The van der Waals surface area contributed by atoms with Crippen LogP contribution in [-0.2, 0) is 11.3 Å². The van der Waals surface area contributed by atoms with Gasteiger partial charge in [-0.15, -0.1) is 0 Å². The fraction of sp³-hybridized carbons (Fsp3) is 0.400. The zero-order valence-electron chi connectivity index (χ0n) is 19.6. The van der Waals surface area contributed by atoms with E-state index in [9.17, 15) is 18.0 Å². The number of aromatic nitrogens is 3. The van der Waals surface area contributed by atoms with Crippen molar-refractivity contribution < 1.29 is 18.0 Å². The number of amides is 1. The predicted molar refractivity (Wildman–Crippen MR) is 124 cm³/mol. The van der Waals surface area contributed by atoms with Crippen LogP contribution in [0.2, 0.25) is 0 Å². The van der Waals surface area contributed by atoms with Gasteiger partial charge < -0.3 is 10.6 Å². The minimum atomic E-state index is -0.694. The number of nitrogens with zero attached hydrogens (tertiary/aromatic N) is 4. The second-order valence-electron chi connectivity index (χ2n) is 9.38. The molecule has 0 radical (unpaired) electrons. The molecular weight excluding hydrogens is 443 g/mol. The predicted octanol–water partition coefficient (Wildman–Crippen LogP) is 4.50. The van der Waals surface area contributed by atoms with Crippen LogP contribution in [0.3, 0.4) is 0 Å². The topological polar surface area (TPSA) is 77.0 Å². The average molecular weight is 474 g/mol. The van der Waals surface area contributed by atoms with Crippen molar-refractivity contribution in [3.8, 4) is 11.4 Å². The Bertz CT molecular complexity index is 1100. The normalized spacial score (nSPS) is 13.5. The van der Waals surface area contributed by atoms with Gasteiger partial charge in [0.15, 0.2) is 11.6 Å². The van der Waals surface area contributed by atoms with E-state index in [4.69, 9.17) is 5.73 Å². The van der Waals surface area contributed by atoms with Gasteiger partial charge in [-0.05, 0) is 35.6 Å². The van der Waals surface area contributed by atoms with Crippen molar-refractivity contribution in [2.75, 3.05) is 13.2 Å². The lowest BCUT2D eigenvalue weighted by atomic mass is 9.85. The minimum absolute atomic E-state index is 0.0171. The molecule has 0 saturated carbocycles. The Kier molecular flexibility index (Phi) is 8.09. The van der Waals surface area contributed by atoms with E-state index >= 15 is 0 Å². The van der Waals surface area contributed by atoms with Crippen molar-refractivity contribution in [2.45, 2.75) is 45.8 Å². The number of carbonyl (C=O) groups excluding carboxylic acids is 1. The first kappa shape index (κ1) is 25.4. The van der Waals surface area contributed by atoms with Gasteiger partial charge >= 0.3 is 0 Å². The Labute approximate surface area is 197 Å². The first-order chi connectivity index (χ1) is 16.1. The van der Waals surface area contributed by atoms with Gasteiger partial charge in [0.1, 0.15) is 18.3 Å². The van der Waals surface area contributed by atoms with Gasteiger partial charge in [-0.3, -0.25) is 4.79 Å². The maximum absolute atomic E-state index is 14.6. The summed E-state index contributed by atoms with van der Waals surface area (Å²) in [5, 5.41) is 4.51. The molecule has 1 amide bonds. The van der Waals surface area contributed by atoms with Crippen molar-refractivity contribution in [1.82, 2.24) is 19.7 Å². The molecule has 0 unspecified atom stereocenters. The Hall–Kier alpha value is -3.20. The van der Waals surface area contributed by atoms with Crippen LogP contribution < -0.4 is 5.73 Å². The van der Waals surface area contributed by atoms with Crippen LogP contribution >= 0.6 is 0 Å². The molecule has 3 aromatic rings. The Balaban J connectivity index is 2.13. The molecule has 0 saturated heterocycles. The SMILES string of the molecule is CC(C)(C)[C@H](c1nc(-c2cc(F)ccc2F)nn1Cc1ccccc1)N(C=O)CC[C@H](N)CF. The molecule has 182 valence electrons. The van der Waals surface area contributed by atoms with Crippen molar-refractivity contribution >= 4 is 6.41 Å². The summed E-state index contributed by atoms with van der Waals surface area (Å²) in [5.41, 5.74) is 6.07. The van der Waals surface area contributed by atoms with E-state index in [1.807, 2.05) is 51.1 Å². The smallest absolute Gasteiger partial charge is 0.210 e. The molecule has 2 atom stereocenters. The van der Waals surface area contributed by atoms with E-state index < -0.39 is 35.8 Å². The number of benzene rings is 2. The number of hydrogen-bond acceptors (Lipinski definition) is 4. The van der Waals surface area contributed by atoms with Gasteiger partial charge in [-0.25, -0.2) is 22.8 Å². The number of alkyl halides is 1. The molecule has 2 aromatic carbocycles. The first-order valence-electron chi connectivity index (χ1n) is 11.1. The molecule has 34 heavy (non-hydrogen) atoms. The average Bonchev–Trinajstić information content (AvgIpc) is 3.20. The summed E-state index contributed by atoms with van der Waals surface area (Å²) in [6.45, 7) is 5.63. The van der Waals surface area contributed by atoms with Crippen LogP contribution in [0.5, 0.6) is 0 Å². The molecular formula is C25H30F3N5O. The molecule has 0 aliphatic carbocycles. The third-order valence-electron chi connectivity index (χ3n) is 5.53. The summed E-state index contributed by atoms with van der Waals surface area (Å²) in [6.07, 6.45) is 0.949. The summed E-state index contributed by atoms with van der Waals surface area (Å²) < 4.78 is 43.0. The molecule has 0 aliphatic rings. The quantitative estimate of drug-likeness (QED) is 0.440. The highest BCUT2D eigenvalue weighted by Gasteiger charge is 2.36. The van der Waals surface area contributed by atoms with E-state index in [1.54, 1.807) is 4.68 Å². The van der Waals surface area contributed by atoms with Crippen LogP contribution in [0.25, 0.3) is 11.4 Å². The van der Waals surface area contributed by atoms with E-state index in [-0.39, 0.29) is 24.4 Å². The molecule has 1 aromatic heterocycles. The lowest BCUT2D eigenvalue weighted by Gasteiger charge is -2.37. The highest BCUT2D eigenvalue weighted by atomic mass is 19.1. The van der Waals surface area contributed by atoms with Crippen LogP contribution in [0, 0.1) is 17.0 Å². The largest absolute Gasteiger partial charge is 0.334 e. The number of halogens is 3. The minimum Gasteiger partial charge on any atom is -0.334 e. The van der Waals surface area contributed by atoms with Crippen molar-refractivity contribution in [3.05, 3.63) is 71.6 Å². The Morgan fingerprint density at radius 1 is 1.15 bits per heavy atom. The molecule has 9 heteroatoms. The van der Waals surface area contributed by atoms with Gasteiger partial charge in [0.2, 0.25) is 6.41 Å². The fourth-order valence-electron chi connectivity index (χ4n) is 3.88. The van der Waals surface area contributed by atoms with Crippen molar-refractivity contribution in [1.29, 1.82) is 0 Å². The monoisotopic (exact) mass is 473 g/mol. The summed E-state index contributed by atoms with van der Waals surface area (Å²) in [5.74, 6) is -0.836. The van der Waals surface area contributed by atoms with Crippen LogP contribution in [0.1, 0.15) is 44.6 Å². The second-order valence-corrected chi connectivity index (χ2v) is 9.38. The van der Waals surface area contributed by atoms with E-state index in [0.29, 0.717) is 18.8 Å². The lowest BCUT2D eigenvalue weighted by Crippen LogP contribution is -2.40. The molecule has 0 spiro atoms. The van der Waals surface area contributed by atoms with Gasteiger partial charge in [-0.2, -0.15) is 5.10 Å². The van der Waals surface area contributed by atoms with Crippen LogP contribution in [0.15, 0.2) is 48.5 Å². The highest BCUT2D eigenvalue weighted by molar-refractivity contribution is 5.56. The maximum atomic E-state index is 14.6. The van der Waals surface area contributed by atoms with Gasteiger partial charge in [0, 0.05) is 12.6 Å². The van der Waals surface area contributed by atoms with Gasteiger partial charge in [0.05, 0.1) is 18.2 Å². The molecule has 1 heterocycles. The Morgan fingerprint density at radius 2 is 1.85 bits per heavy atom. The third-order valence-corrected chi connectivity index (χ3v) is 5.53. The molecule has 0 bridgehead atoms.